The highest BCUT2D eigenvalue weighted by molar-refractivity contribution is 5.40. The summed E-state index contributed by atoms with van der Waals surface area (Å²) in [6.07, 6.45) is 6.45. The summed E-state index contributed by atoms with van der Waals surface area (Å²) in [4.78, 5) is 0. The topological polar surface area (TPSA) is 69.9 Å². The molecule has 1 rings (SSSR count). The van der Waals surface area contributed by atoms with E-state index in [4.69, 9.17) is 4.74 Å². The number of aliphatic hydroxyl groups excluding tert-OH is 2. The molecular formula is C21H32O4. The van der Waals surface area contributed by atoms with Crippen LogP contribution in [0.4, 0.5) is 0 Å². The minimum Gasteiger partial charge on any atom is -0.508 e. The average molecular weight is 348 g/mol. The summed E-state index contributed by atoms with van der Waals surface area (Å²) in [7, 11) is 1.53. The summed E-state index contributed by atoms with van der Waals surface area (Å²) in [5.41, 5.74) is 3.03. The molecule has 0 saturated heterocycles. The van der Waals surface area contributed by atoms with Crippen molar-refractivity contribution >= 4 is 0 Å². The van der Waals surface area contributed by atoms with E-state index in [0.29, 0.717) is 17.7 Å². The monoisotopic (exact) mass is 348 g/mol. The molecule has 1 aromatic carbocycles. The van der Waals surface area contributed by atoms with Crippen molar-refractivity contribution < 1.29 is 20.1 Å². The van der Waals surface area contributed by atoms with Crippen LogP contribution in [0, 0.1) is 0 Å². The van der Waals surface area contributed by atoms with E-state index in [1.165, 1.54) is 24.3 Å². The second-order valence-corrected chi connectivity index (χ2v) is 6.78. The third-order valence-electron chi connectivity index (χ3n) is 4.17. The third kappa shape index (κ3) is 8.23. The number of aromatic hydroxyl groups is 1. The summed E-state index contributed by atoms with van der Waals surface area (Å²) in [6, 6.07) is 4.72. The SMILES string of the molecule is COc1ccc(O)c(C(O)CC(O)CC/C=C(\C)CCC=C(C)C)c1. The normalized spacial score (nSPS) is 14.1. The fourth-order valence-corrected chi connectivity index (χ4v) is 2.64. The molecule has 0 amide bonds. The van der Waals surface area contributed by atoms with Crippen LogP contribution in [0.1, 0.15) is 64.5 Å². The Balaban J connectivity index is 2.46. The molecule has 0 aliphatic carbocycles. The van der Waals surface area contributed by atoms with E-state index in [1.807, 2.05) is 0 Å². The Morgan fingerprint density at radius 3 is 2.48 bits per heavy atom. The van der Waals surface area contributed by atoms with E-state index < -0.39 is 12.2 Å². The van der Waals surface area contributed by atoms with Crippen LogP contribution in [0.15, 0.2) is 41.5 Å². The molecule has 4 heteroatoms. The van der Waals surface area contributed by atoms with Crippen LogP contribution >= 0.6 is 0 Å². The van der Waals surface area contributed by atoms with Gasteiger partial charge in [0.2, 0.25) is 0 Å². The zero-order valence-electron chi connectivity index (χ0n) is 15.8. The number of benzene rings is 1. The fraction of sp³-hybridized carbons (Fsp3) is 0.524. The zero-order valence-corrected chi connectivity index (χ0v) is 15.8. The predicted molar refractivity (Wildman–Crippen MR) is 102 cm³/mol. The minimum absolute atomic E-state index is 0.00973. The number of aliphatic hydroxyl groups is 2. The van der Waals surface area contributed by atoms with Gasteiger partial charge in [-0.1, -0.05) is 23.3 Å². The smallest absolute Gasteiger partial charge is 0.121 e. The number of methoxy groups -OCH3 is 1. The third-order valence-corrected chi connectivity index (χ3v) is 4.17. The zero-order chi connectivity index (χ0) is 18.8. The Hall–Kier alpha value is -1.78. The molecular weight excluding hydrogens is 316 g/mol. The Morgan fingerprint density at radius 1 is 1.12 bits per heavy atom. The van der Waals surface area contributed by atoms with Crippen molar-refractivity contribution in [3.63, 3.8) is 0 Å². The number of allylic oxidation sites excluding steroid dienone is 4. The second-order valence-electron chi connectivity index (χ2n) is 6.78. The number of phenols is 1. The Bertz CT molecular complexity index is 586. The van der Waals surface area contributed by atoms with Crippen molar-refractivity contribution in [2.45, 2.75) is 65.1 Å². The van der Waals surface area contributed by atoms with Crippen molar-refractivity contribution in [2.75, 3.05) is 7.11 Å². The first kappa shape index (κ1) is 21.3. The molecule has 140 valence electrons. The van der Waals surface area contributed by atoms with Gasteiger partial charge in [-0.3, -0.25) is 0 Å². The molecule has 0 aliphatic rings. The van der Waals surface area contributed by atoms with Crippen LogP contribution in [-0.2, 0) is 0 Å². The van der Waals surface area contributed by atoms with Crippen molar-refractivity contribution in [1.82, 2.24) is 0 Å². The first-order chi connectivity index (χ1) is 11.8. The van der Waals surface area contributed by atoms with Crippen molar-refractivity contribution in [2.24, 2.45) is 0 Å². The summed E-state index contributed by atoms with van der Waals surface area (Å²) in [5.74, 6) is 0.576. The van der Waals surface area contributed by atoms with Gasteiger partial charge in [-0.25, -0.2) is 0 Å². The molecule has 4 nitrogen and oxygen atoms in total. The molecule has 0 aromatic heterocycles. The van der Waals surface area contributed by atoms with E-state index in [-0.39, 0.29) is 12.2 Å². The van der Waals surface area contributed by atoms with E-state index in [2.05, 4.69) is 32.9 Å². The van der Waals surface area contributed by atoms with Crippen LogP contribution in [0.3, 0.4) is 0 Å². The summed E-state index contributed by atoms with van der Waals surface area (Å²) in [6.45, 7) is 6.30. The molecule has 25 heavy (non-hydrogen) atoms. The first-order valence-electron chi connectivity index (χ1n) is 8.85. The van der Waals surface area contributed by atoms with Crippen molar-refractivity contribution in [1.29, 1.82) is 0 Å². The number of phenolic OH excluding ortho intramolecular Hbond substituents is 1. The van der Waals surface area contributed by atoms with Gasteiger partial charge in [0, 0.05) is 12.0 Å². The van der Waals surface area contributed by atoms with E-state index in [9.17, 15) is 15.3 Å². The average Bonchev–Trinajstić information content (AvgIpc) is 2.54. The number of rotatable bonds is 10. The molecule has 0 aliphatic heterocycles. The molecule has 0 heterocycles. The van der Waals surface area contributed by atoms with Crippen LogP contribution < -0.4 is 4.74 Å². The highest BCUT2D eigenvalue weighted by Crippen LogP contribution is 2.31. The van der Waals surface area contributed by atoms with Gasteiger partial charge < -0.3 is 20.1 Å². The van der Waals surface area contributed by atoms with E-state index >= 15 is 0 Å². The predicted octanol–water partition coefficient (Wildman–Crippen LogP) is 4.66. The molecule has 1 aromatic rings. The first-order valence-corrected chi connectivity index (χ1v) is 8.85. The van der Waals surface area contributed by atoms with Gasteiger partial charge in [0.1, 0.15) is 11.5 Å². The van der Waals surface area contributed by atoms with E-state index in [0.717, 1.165) is 19.3 Å². The molecule has 0 saturated carbocycles. The minimum atomic E-state index is -0.923. The van der Waals surface area contributed by atoms with E-state index in [1.54, 1.807) is 12.1 Å². The van der Waals surface area contributed by atoms with Gasteiger partial charge in [0.25, 0.3) is 0 Å². The number of hydrogen-bond donors (Lipinski definition) is 3. The number of ether oxygens (including phenoxy) is 1. The van der Waals surface area contributed by atoms with Crippen molar-refractivity contribution in [3.05, 3.63) is 47.1 Å². The summed E-state index contributed by atoms with van der Waals surface area (Å²) < 4.78 is 5.11. The highest BCUT2D eigenvalue weighted by atomic mass is 16.5. The van der Waals surface area contributed by atoms with Crippen LogP contribution in [0.5, 0.6) is 11.5 Å². The van der Waals surface area contributed by atoms with Crippen LogP contribution in [-0.4, -0.2) is 28.5 Å². The lowest BCUT2D eigenvalue weighted by Crippen LogP contribution is -2.12. The van der Waals surface area contributed by atoms with Gasteiger partial charge >= 0.3 is 0 Å². The van der Waals surface area contributed by atoms with Gasteiger partial charge in [0.15, 0.2) is 0 Å². The van der Waals surface area contributed by atoms with Gasteiger partial charge in [-0.05, 0) is 64.7 Å². The van der Waals surface area contributed by atoms with Crippen molar-refractivity contribution in [3.8, 4) is 11.5 Å². The standard InChI is InChI=1S/C21H32O4/c1-15(2)7-5-8-16(3)9-6-10-17(22)13-21(24)19-14-18(25-4)11-12-20(19)23/h7,9,11-12,14,17,21-24H,5-6,8,10,13H2,1-4H3/b16-9+. The second kappa shape index (κ2) is 11.0. The maximum Gasteiger partial charge on any atom is 0.121 e. The fourth-order valence-electron chi connectivity index (χ4n) is 2.64. The van der Waals surface area contributed by atoms with Gasteiger partial charge in [-0.2, -0.15) is 0 Å². The summed E-state index contributed by atoms with van der Waals surface area (Å²) >= 11 is 0. The lowest BCUT2D eigenvalue weighted by Gasteiger charge is -2.17. The largest absolute Gasteiger partial charge is 0.508 e. The van der Waals surface area contributed by atoms with Crippen LogP contribution in [0.2, 0.25) is 0 Å². The highest BCUT2D eigenvalue weighted by Gasteiger charge is 2.17. The summed E-state index contributed by atoms with van der Waals surface area (Å²) in [5, 5.41) is 30.3. The molecule has 2 atom stereocenters. The lowest BCUT2D eigenvalue weighted by molar-refractivity contribution is 0.0747. The Kier molecular flexibility index (Phi) is 9.32. The van der Waals surface area contributed by atoms with Gasteiger partial charge in [-0.15, -0.1) is 0 Å². The lowest BCUT2D eigenvalue weighted by atomic mass is 9.99. The molecule has 0 bridgehead atoms. The van der Waals surface area contributed by atoms with Crippen LogP contribution in [0.25, 0.3) is 0 Å². The number of hydrogen-bond acceptors (Lipinski definition) is 4. The maximum atomic E-state index is 10.3. The Morgan fingerprint density at radius 2 is 1.84 bits per heavy atom. The molecule has 0 fully saturated rings. The molecule has 0 radical (unpaired) electrons. The Labute approximate surface area is 151 Å². The quantitative estimate of drug-likeness (QED) is 0.538. The van der Waals surface area contributed by atoms with Gasteiger partial charge in [0.05, 0.1) is 19.3 Å². The maximum absolute atomic E-state index is 10.3. The molecule has 0 spiro atoms. The molecule has 3 N–H and O–H groups in total. The molecule has 2 unspecified atom stereocenters.